The highest BCUT2D eigenvalue weighted by Gasteiger charge is 2.09. The molecule has 0 aliphatic carbocycles. The van der Waals surface area contributed by atoms with E-state index in [0.717, 1.165) is 21.4 Å². The van der Waals surface area contributed by atoms with Gasteiger partial charge in [0, 0.05) is 22.3 Å². The Hall–Kier alpha value is -2.08. The fourth-order valence-electron chi connectivity index (χ4n) is 1.96. The second-order valence-corrected chi connectivity index (χ2v) is 5.13. The van der Waals surface area contributed by atoms with Crippen molar-refractivity contribution in [2.45, 2.75) is 0 Å². The molecule has 0 bridgehead atoms. The lowest BCUT2D eigenvalue weighted by Crippen LogP contribution is -1.89. The van der Waals surface area contributed by atoms with E-state index in [-0.39, 0.29) is 0 Å². The van der Waals surface area contributed by atoms with Gasteiger partial charge in [-0.2, -0.15) is 0 Å². The molecule has 0 saturated carbocycles. The monoisotopic (exact) mass is 333 g/mol. The van der Waals surface area contributed by atoms with E-state index in [0.29, 0.717) is 17.1 Å². The van der Waals surface area contributed by atoms with Gasteiger partial charge in [-0.3, -0.25) is 0 Å². The van der Waals surface area contributed by atoms with E-state index in [9.17, 15) is 0 Å². The number of fused-ring (bicyclic) bond motifs is 1. The highest BCUT2D eigenvalue weighted by Crippen LogP contribution is 2.29. The number of halogens is 1. The molecule has 0 radical (unpaired) electrons. The number of hydrogen-bond acceptors (Lipinski definition) is 4. The number of pyridine rings is 1. The molecule has 102 valence electrons. The van der Waals surface area contributed by atoms with Gasteiger partial charge in [0.1, 0.15) is 17.3 Å². The zero-order chi connectivity index (χ0) is 14.1. The molecule has 0 aliphatic rings. The van der Waals surface area contributed by atoms with Crippen LogP contribution in [0.4, 0.5) is 0 Å². The van der Waals surface area contributed by atoms with Crippen molar-refractivity contribution in [1.29, 1.82) is 0 Å². The molecular formula is C14H12BrN3O2. The van der Waals surface area contributed by atoms with Gasteiger partial charge in [-0.25, -0.2) is 9.97 Å². The van der Waals surface area contributed by atoms with Crippen LogP contribution in [0.15, 0.2) is 34.9 Å². The first-order valence-corrected chi connectivity index (χ1v) is 6.73. The summed E-state index contributed by atoms with van der Waals surface area (Å²) in [6.07, 6.45) is 1.72. The lowest BCUT2D eigenvalue weighted by molar-refractivity contribution is 0.394. The number of aromatic amines is 1. The van der Waals surface area contributed by atoms with Crippen LogP contribution >= 0.6 is 15.9 Å². The highest BCUT2D eigenvalue weighted by atomic mass is 79.9. The average molecular weight is 334 g/mol. The van der Waals surface area contributed by atoms with Gasteiger partial charge in [0.15, 0.2) is 5.65 Å². The fourth-order valence-corrected chi connectivity index (χ4v) is 2.29. The van der Waals surface area contributed by atoms with Gasteiger partial charge in [0.05, 0.1) is 19.7 Å². The Bertz CT molecular complexity index is 748. The molecule has 0 atom stereocenters. The van der Waals surface area contributed by atoms with Crippen LogP contribution in [0.25, 0.3) is 22.6 Å². The molecule has 20 heavy (non-hydrogen) atoms. The predicted octanol–water partition coefficient (Wildman–Crippen LogP) is 3.40. The summed E-state index contributed by atoms with van der Waals surface area (Å²) in [5.74, 6) is 2.16. The smallest absolute Gasteiger partial charge is 0.178 e. The molecule has 5 nitrogen and oxygen atoms in total. The summed E-state index contributed by atoms with van der Waals surface area (Å²) in [6.45, 7) is 0. The Balaban J connectivity index is 2.14. The van der Waals surface area contributed by atoms with Crippen LogP contribution in [-0.2, 0) is 0 Å². The third-order valence-electron chi connectivity index (χ3n) is 2.93. The standard InChI is InChI=1S/C14H12BrN3O2/c1-19-10-3-8(4-11(6-10)20-2)13-17-12-5-9(15)7-16-14(12)18-13/h3-7H,1-2H3,(H,16,17,18). The van der Waals surface area contributed by atoms with Crippen LogP contribution in [0, 0.1) is 0 Å². The number of H-pyrrole nitrogens is 1. The highest BCUT2D eigenvalue weighted by molar-refractivity contribution is 9.10. The van der Waals surface area contributed by atoms with Gasteiger partial charge in [-0.15, -0.1) is 0 Å². The van der Waals surface area contributed by atoms with Crippen LogP contribution in [0.5, 0.6) is 11.5 Å². The first-order chi connectivity index (χ1) is 9.69. The third-order valence-corrected chi connectivity index (χ3v) is 3.36. The minimum atomic E-state index is 0.671. The topological polar surface area (TPSA) is 60.0 Å². The van der Waals surface area contributed by atoms with Crippen LogP contribution < -0.4 is 9.47 Å². The largest absolute Gasteiger partial charge is 0.497 e. The summed E-state index contributed by atoms with van der Waals surface area (Å²) in [4.78, 5) is 12.0. The Morgan fingerprint density at radius 2 is 1.75 bits per heavy atom. The Morgan fingerprint density at radius 3 is 2.40 bits per heavy atom. The molecule has 0 spiro atoms. The van der Waals surface area contributed by atoms with Crippen molar-refractivity contribution < 1.29 is 9.47 Å². The number of nitrogens with zero attached hydrogens (tertiary/aromatic N) is 2. The zero-order valence-corrected chi connectivity index (χ0v) is 12.6. The van der Waals surface area contributed by atoms with Crippen LogP contribution in [-0.4, -0.2) is 29.2 Å². The predicted molar refractivity (Wildman–Crippen MR) is 80.1 cm³/mol. The minimum absolute atomic E-state index is 0.671. The van der Waals surface area contributed by atoms with Gasteiger partial charge in [-0.05, 0) is 34.1 Å². The van der Waals surface area contributed by atoms with E-state index in [1.54, 1.807) is 20.4 Å². The molecule has 6 heteroatoms. The molecule has 3 aromatic rings. The normalized spacial score (nSPS) is 10.8. The number of hydrogen-bond donors (Lipinski definition) is 1. The second kappa shape index (κ2) is 5.13. The number of aromatic nitrogens is 3. The number of benzene rings is 1. The van der Waals surface area contributed by atoms with Gasteiger partial charge in [-0.1, -0.05) is 0 Å². The SMILES string of the molecule is COc1cc(OC)cc(-c2nc3ncc(Br)cc3[nH]2)c1. The molecule has 2 aromatic heterocycles. The molecule has 0 fully saturated rings. The second-order valence-electron chi connectivity index (χ2n) is 4.21. The lowest BCUT2D eigenvalue weighted by atomic mass is 10.2. The van der Waals surface area contributed by atoms with Gasteiger partial charge in [0.2, 0.25) is 0 Å². The third kappa shape index (κ3) is 2.34. The number of imidazole rings is 1. The summed E-state index contributed by atoms with van der Waals surface area (Å²) >= 11 is 3.39. The molecular weight excluding hydrogens is 322 g/mol. The van der Waals surface area contributed by atoms with E-state index in [1.807, 2.05) is 24.3 Å². The van der Waals surface area contributed by atoms with E-state index in [4.69, 9.17) is 9.47 Å². The maximum atomic E-state index is 5.27. The summed E-state index contributed by atoms with van der Waals surface area (Å²) in [5, 5.41) is 0. The van der Waals surface area contributed by atoms with Crippen molar-refractivity contribution in [3.05, 3.63) is 34.9 Å². The maximum absolute atomic E-state index is 5.27. The quantitative estimate of drug-likeness (QED) is 0.797. The number of rotatable bonds is 3. The van der Waals surface area contributed by atoms with Crippen LogP contribution in [0.2, 0.25) is 0 Å². The van der Waals surface area contributed by atoms with Gasteiger partial charge in [0.25, 0.3) is 0 Å². The molecule has 0 unspecified atom stereocenters. The van der Waals surface area contributed by atoms with Crippen molar-refractivity contribution in [3.63, 3.8) is 0 Å². The fraction of sp³-hybridized carbons (Fsp3) is 0.143. The van der Waals surface area contributed by atoms with E-state index < -0.39 is 0 Å². The average Bonchev–Trinajstić information content (AvgIpc) is 2.89. The summed E-state index contributed by atoms with van der Waals surface area (Å²) in [7, 11) is 3.24. The molecule has 2 heterocycles. The number of ether oxygens (including phenoxy) is 2. The van der Waals surface area contributed by atoms with Crippen molar-refractivity contribution in [3.8, 4) is 22.9 Å². The summed E-state index contributed by atoms with van der Waals surface area (Å²) < 4.78 is 11.4. The van der Waals surface area contributed by atoms with Gasteiger partial charge >= 0.3 is 0 Å². The zero-order valence-electron chi connectivity index (χ0n) is 11.0. The van der Waals surface area contributed by atoms with Crippen molar-refractivity contribution in [2.75, 3.05) is 14.2 Å². The van der Waals surface area contributed by atoms with E-state index >= 15 is 0 Å². The molecule has 0 aliphatic heterocycles. The Labute approximate surface area is 124 Å². The van der Waals surface area contributed by atoms with E-state index in [1.165, 1.54) is 0 Å². The summed E-state index contributed by atoms with van der Waals surface area (Å²) in [5.41, 5.74) is 2.43. The van der Waals surface area contributed by atoms with Crippen LogP contribution in [0.1, 0.15) is 0 Å². The lowest BCUT2D eigenvalue weighted by Gasteiger charge is -2.06. The van der Waals surface area contributed by atoms with Crippen molar-refractivity contribution in [2.24, 2.45) is 0 Å². The van der Waals surface area contributed by atoms with Crippen molar-refractivity contribution >= 4 is 27.1 Å². The number of methoxy groups -OCH3 is 2. The Morgan fingerprint density at radius 1 is 1.05 bits per heavy atom. The van der Waals surface area contributed by atoms with Crippen molar-refractivity contribution in [1.82, 2.24) is 15.0 Å². The Kier molecular flexibility index (Phi) is 3.31. The molecule has 1 aromatic carbocycles. The first-order valence-electron chi connectivity index (χ1n) is 5.94. The minimum Gasteiger partial charge on any atom is -0.497 e. The molecule has 0 saturated heterocycles. The van der Waals surface area contributed by atoms with Crippen LogP contribution in [0.3, 0.4) is 0 Å². The summed E-state index contributed by atoms with van der Waals surface area (Å²) in [6, 6.07) is 7.56. The number of nitrogens with one attached hydrogen (secondary N) is 1. The molecule has 1 N–H and O–H groups in total. The molecule has 0 amide bonds. The van der Waals surface area contributed by atoms with E-state index in [2.05, 4.69) is 30.9 Å². The maximum Gasteiger partial charge on any atom is 0.178 e. The molecule has 3 rings (SSSR count). The first kappa shape index (κ1) is 12.9. The van der Waals surface area contributed by atoms with Gasteiger partial charge < -0.3 is 14.5 Å².